The molecule has 3 heteroatoms. The van der Waals surface area contributed by atoms with Crippen molar-refractivity contribution in [2.75, 3.05) is 7.05 Å². The van der Waals surface area contributed by atoms with Crippen molar-refractivity contribution in [3.05, 3.63) is 12.7 Å². The van der Waals surface area contributed by atoms with Gasteiger partial charge >= 0.3 is 0 Å². The summed E-state index contributed by atoms with van der Waals surface area (Å²) < 4.78 is 1.38. The van der Waals surface area contributed by atoms with Crippen LogP contribution in [0, 0.1) is 0 Å². The number of rotatable bonds is 1. The molecule has 0 aliphatic rings. The van der Waals surface area contributed by atoms with E-state index >= 15 is 0 Å². The first-order valence-electron chi connectivity index (χ1n) is 1.83. The smallest absolute Gasteiger partial charge is 0.248 e. The third kappa shape index (κ3) is 2.35. The molecule has 0 rings (SSSR count). The van der Waals surface area contributed by atoms with Gasteiger partial charge in [0.1, 0.15) is 0 Å². The molecule has 0 aromatic rings. The Kier molecular flexibility index (Phi) is 2.61. The van der Waals surface area contributed by atoms with Crippen LogP contribution in [-0.4, -0.2) is 17.6 Å². The summed E-state index contributed by atoms with van der Waals surface area (Å²) >= 11 is 0. The van der Waals surface area contributed by atoms with Gasteiger partial charge in [0.25, 0.3) is 0 Å². The molecular weight excluding hydrogens is 109 g/mol. The number of carbonyl (C=O) groups excluding carboxylic acids is 1. The van der Waals surface area contributed by atoms with Gasteiger partial charge in [-0.1, -0.05) is 6.58 Å². The molecule has 0 aliphatic carbocycles. The van der Waals surface area contributed by atoms with E-state index in [0.717, 1.165) is 0 Å². The van der Waals surface area contributed by atoms with Gasteiger partial charge in [0.05, 0.1) is 0 Å². The zero-order valence-corrected chi connectivity index (χ0v) is 5.37. The number of hydrogen-bond donors (Lipinski definition) is 0. The van der Waals surface area contributed by atoms with Crippen molar-refractivity contribution in [3.8, 4) is 0 Å². The Morgan fingerprint density at radius 3 is 2.43 bits per heavy atom. The van der Waals surface area contributed by atoms with Crippen LogP contribution in [0.2, 0.25) is 0 Å². The summed E-state index contributed by atoms with van der Waals surface area (Å²) in [4.78, 5) is 10.3. The fourth-order valence-electron chi connectivity index (χ4n) is 0.144. The quantitative estimate of drug-likeness (QED) is 0.360. The molecule has 2 nitrogen and oxygen atoms in total. The number of hydrogen-bond acceptors (Lipinski definition) is 1. The van der Waals surface area contributed by atoms with Crippen LogP contribution in [0.25, 0.3) is 0 Å². The highest BCUT2D eigenvalue weighted by atomic mass is 31.0. The lowest BCUT2D eigenvalue weighted by molar-refractivity contribution is -0.120. The minimum atomic E-state index is -0.0926. The van der Waals surface area contributed by atoms with Crippen molar-refractivity contribution in [2.24, 2.45) is 0 Å². The molecule has 0 radical (unpaired) electrons. The normalized spacial score (nSPS) is 7.71. The highest BCUT2D eigenvalue weighted by Gasteiger charge is 1.91. The van der Waals surface area contributed by atoms with E-state index in [-0.39, 0.29) is 5.91 Å². The van der Waals surface area contributed by atoms with E-state index in [1.807, 2.05) is 0 Å². The summed E-state index contributed by atoms with van der Waals surface area (Å²) in [5, 5.41) is 0. The molecule has 0 fully saturated rings. The number of amides is 1. The fourth-order valence-corrected chi connectivity index (χ4v) is 0.249. The Bertz CT molecular complexity index is 89.7. The molecule has 0 heterocycles. The maximum Gasteiger partial charge on any atom is 0.248 e. The van der Waals surface area contributed by atoms with E-state index in [2.05, 4.69) is 16.0 Å². The molecule has 0 saturated carbocycles. The van der Waals surface area contributed by atoms with Gasteiger partial charge in [-0.2, -0.15) is 0 Å². The molecule has 1 amide bonds. The second kappa shape index (κ2) is 2.75. The summed E-state index contributed by atoms with van der Waals surface area (Å²) in [6.07, 6.45) is 1.26. The average Bonchev–Trinajstić information content (AvgIpc) is 1.65. The van der Waals surface area contributed by atoms with Crippen molar-refractivity contribution < 1.29 is 4.79 Å². The first-order chi connectivity index (χ1) is 3.18. The number of carbonyl (C=O) groups is 1. The van der Waals surface area contributed by atoms with E-state index in [1.54, 1.807) is 7.05 Å². The second-order valence-corrected chi connectivity index (χ2v) is 1.93. The van der Waals surface area contributed by atoms with Crippen LogP contribution in [0.4, 0.5) is 0 Å². The molecule has 0 aromatic heterocycles. The van der Waals surface area contributed by atoms with Gasteiger partial charge in [-0.15, -0.1) is 0 Å². The molecule has 0 spiro atoms. The Hall–Kier alpha value is -0.360. The lowest BCUT2D eigenvalue weighted by atomic mass is 10.6. The van der Waals surface area contributed by atoms with Crippen molar-refractivity contribution >= 4 is 15.3 Å². The summed E-state index contributed by atoms with van der Waals surface area (Å²) in [5.41, 5.74) is 0. The maximum absolute atomic E-state index is 10.3. The SMILES string of the molecule is C=CC(=O)N(C)P. The summed E-state index contributed by atoms with van der Waals surface area (Å²) in [6, 6.07) is 0. The first kappa shape index (κ1) is 6.64. The van der Waals surface area contributed by atoms with Crippen LogP contribution in [0.5, 0.6) is 0 Å². The summed E-state index contributed by atoms with van der Waals surface area (Å²) in [6.45, 7) is 3.28. The van der Waals surface area contributed by atoms with Crippen molar-refractivity contribution in [2.45, 2.75) is 0 Å². The highest BCUT2D eigenvalue weighted by Crippen LogP contribution is 1.91. The molecule has 1 unspecified atom stereocenters. The van der Waals surface area contributed by atoms with Crippen LogP contribution in [0.15, 0.2) is 12.7 Å². The van der Waals surface area contributed by atoms with Gasteiger partial charge in [-0.25, -0.2) is 0 Å². The van der Waals surface area contributed by atoms with Crippen LogP contribution < -0.4 is 0 Å². The van der Waals surface area contributed by atoms with Gasteiger partial charge in [0, 0.05) is 7.05 Å². The molecule has 0 bridgehead atoms. The Morgan fingerprint density at radius 1 is 2.00 bits per heavy atom. The maximum atomic E-state index is 10.3. The lowest BCUT2D eigenvalue weighted by Crippen LogP contribution is -2.10. The molecule has 7 heavy (non-hydrogen) atoms. The molecule has 0 N–H and O–H groups in total. The standard InChI is InChI=1S/C4H8NOP/c1-3-4(6)5(2)7/h3H,1,7H2,2H3. The van der Waals surface area contributed by atoms with E-state index in [4.69, 9.17) is 0 Å². The van der Waals surface area contributed by atoms with E-state index in [0.29, 0.717) is 0 Å². The fraction of sp³-hybridized carbons (Fsp3) is 0.250. The van der Waals surface area contributed by atoms with Crippen molar-refractivity contribution in [1.29, 1.82) is 0 Å². The van der Waals surface area contributed by atoms with E-state index in [1.165, 1.54) is 10.7 Å². The van der Waals surface area contributed by atoms with Crippen molar-refractivity contribution in [1.82, 2.24) is 4.67 Å². The van der Waals surface area contributed by atoms with Crippen LogP contribution in [0.1, 0.15) is 0 Å². The molecule has 40 valence electrons. The Labute approximate surface area is 45.5 Å². The van der Waals surface area contributed by atoms with Gasteiger partial charge in [0.15, 0.2) is 0 Å². The number of likely N-dealkylation sites (N-methyl/N-ethyl adjacent to an activating group) is 1. The topological polar surface area (TPSA) is 20.3 Å². The molecule has 1 atom stereocenters. The second-order valence-electron chi connectivity index (χ2n) is 1.15. The Balaban J connectivity index is 3.56. The molecular formula is C4H8NOP. The van der Waals surface area contributed by atoms with Crippen LogP contribution in [0.3, 0.4) is 0 Å². The van der Waals surface area contributed by atoms with E-state index in [9.17, 15) is 4.79 Å². The lowest BCUT2D eigenvalue weighted by Gasteiger charge is -2.02. The van der Waals surface area contributed by atoms with Gasteiger partial charge in [-0.3, -0.25) is 4.79 Å². The summed E-state index contributed by atoms with van der Waals surface area (Å²) in [7, 11) is 3.88. The van der Waals surface area contributed by atoms with Gasteiger partial charge < -0.3 is 4.67 Å². The third-order valence-electron chi connectivity index (χ3n) is 0.522. The minimum Gasteiger partial charge on any atom is -0.327 e. The van der Waals surface area contributed by atoms with Gasteiger partial charge in [-0.05, 0) is 15.5 Å². The van der Waals surface area contributed by atoms with Crippen LogP contribution >= 0.6 is 9.39 Å². The average molecular weight is 117 g/mol. The minimum absolute atomic E-state index is 0.0926. The number of nitrogens with zero attached hydrogens (tertiary/aromatic N) is 1. The monoisotopic (exact) mass is 117 g/mol. The zero-order valence-electron chi connectivity index (χ0n) is 4.22. The van der Waals surface area contributed by atoms with E-state index < -0.39 is 0 Å². The molecule has 0 aliphatic heterocycles. The molecule has 0 aromatic carbocycles. The Morgan fingerprint density at radius 2 is 2.43 bits per heavy atom. The van der Waals surface area contributed by atoms with Crippen molar-refractivity contribution in [3.63, 3.8) is 0 Å². The zero-order chi connectivity index (χ0) is 5.86. The predicted octanol–water partition coefficient (Wildman–Crippen LogP) is 0.421. The van der Waals surface area contributed by atoms with Gasteiger partial charge in [0.2, 0.25) is 5.91 Å². The molecule has 0 saturated heterocycles. The predicted molar refractivity (Wildman–Crippen MR) is 32.7 cm³/mol. The summed E-state index contributed by atoms with van der Waals surface area (Å²) in [5.74, 6) is -0.0926. The van der Waals surface area contributed by atoms with Crippen LogP contribution in [-0.2, 0) is 4.79 Å². The highest BCUT2D eigenvalue weighted by molar-refractivity contribution is 7.14. The third-order valence-corrected chi connectivity index (χ3v) is 0.777. The first-order valence-corrected chi connectivity index (χ1v) is 2.35. The largest absolute Gasteiger partial charge is 0.327 e.